The van der Waals surface area contributed by atoms with Gasteiger partial charge in [-0.2, -0.15) is 0 Å². The van der Waals surface area contributed by atoms with Gasteiger partial charge in [-0.3, -0.25) is 0 Å². The quantitative estimate of drug-likeness (QED) is 0.742. The molecule has 2 amide bonds. The van der Waals surface area contributed by atoms with Gasteiger partial charge in [-0.15, -0.1) is 0 Å². The smallest absolute Gasteiger partial charge is 0.317 e. The molecule has 104 valence electrons. The van der Waals surface area contributed by atoms with E-state index in [1.807, 2.05) is 4.90 Å². The fourth-order valence-corrected chi connectivity index (χ4v) is 2.36. The summed E-state index contributed by atoms with van der Waals surface area (Å²) in [6.45, 7) is 3.24. The van der Waals surface area contributed by atoms with Crippen LogP contribution < -0.4 is 5.32 Å². The number of hydrogen-bond donors (Lipinski definition) is 2. The highest BCUT2D eigenvalue weighted by atomic mass is 16.5. The van der Waals surface area contributed by atoms with E-state index in [-0.39, 0.29) is 24.8 Å². The molecule has 2 N–H and O–H groups in total. The van der Waals surface area contributed by atoms with Crippen LogP contribution in [0.15, 0.2) is 0 Å². The predicted octanol–water partition coefficient (Wildman–Crippen LogP) is -0.0418. The summed E-state index contributed by atoms with van der Waals surface area (Å²) >= 11 is 0. The number of aliphatic hydroxyl groups excluding tert-OH is 1. The van der Waals surface area contributed by atoms with Crippen molar-refractivity contribution >= 4 is 6.03 Å². The Morgan fingerprint density at radius 1 is 1.39 bits per heavy atom. The largest absolute Gasteiger partial charge is 0.394 e. The number of carbonyl (C=O) groups is 1. The minimum Gasteiger partial charge on any atom is -0.394 e. The molecule has 6 nitrogen and oxygen atoms in total. The second kappa shape index (κ2) is 6.92. The number of aliphatic hydroxyl groups is 1. The lowest BCUT2D eigenvalue weighted by molar-refractivity contribution is -0.00183. The molecular weight excluding hydrogens is 236 g/mol. The molecule has 0 bridgehead atoms. The van der Waals surface area contributed by atoms with Crippen LogP contribution in [-0.4, -0.2) is 67.7 Å². The molecule has 18 heavy (non-hydrogen) atoms. The van der Waals surface area contributed by atoms with Gasteiger partial charge < -0.3 is 24.8 Å². The third-order valence-electron chi connectivity index (χ3n) is 3.43. The molecule has 0 radical (unpaired) electrons. The Kier molecular flexibility index (Phi) is 5.22. The van der Waals surface area contributed by atoms with Gasteiger partial charge in [0.05, 0.1) is 32.0 Å². The lowest BCUT2D eigenvalue weighted by atomic mass is 10.1. The van der Waals surface area contributed by atoms with Crippen molar-refractivity contribution in [2.45, 2.75) is 31.4 Å². The van der Waals surface area contributed by atoms with E-state index >= 15 is 0 Å². The third-order valence-corrected chi connectivity index (χ3v) is 3.43. The number of rotatable bonds is 4. The molecule has 0 saturated carbocycles. The van der Waals surface area contributed by atoms with Gasteiger partial charge in [-0.05, 0) is 19.3 Å². The zero-order chi connectivity index (χ0) is 12.8. The number of amides is 2. The molecule has 0 aromatic carbocycles. The molecule has 2 heterocycles. The molecule has 6 heteroatoms. The van der Waals surface area contributed by atoms with Crippen molar-refractivity contribution in [1.29, 1.82) is 0 Å². The first-order chi connectivity index (χ1) is 8.79. The molecule has 2 aliphatic heterocycles. The van der Waals surface area contributed by atoms with Crippen LogP contribution in [0.3, 0.4) is 0 Å². The topological polar surface area (TPSA) is 71.0 Å². The maximum atomic E-state index is 12.0. The van der Waals surface area contributed by atoms with E-state index in [9.17, 15) is 4.79 Å². The standard InChI is InChI=1S/C12H22N2O4/c15-6-8-18-11-1-4-14(5-2-11)12(16)13-10-3-7-17-9-10/h10-11,15H,1-9H2,(H,13,16). The van der Waals surface area contributed by atoms with E-state index in [0.29, 0.717) is 13.2 Å². The number of likely N-dealkylation sites (tertiary alicyclic amines) is 1. The van der Waals surface area contributed by atoms with E-state index in [1.54, 1.807) is 0 Å². The molecular formula is C12H22N2O4. The first kappa shape index (κ1) is 13.6. The Bertz CT molecular complexity index is 261. The predicted molar refractivity (Wildman–Crippen MR) is 65.4 cm³/mol. The molecule has 2 saturated heterocycles. The molecule has 0 aliphatic carbocycles. The number of urea groups is 1. The molecule has 0 spiro atoms. The number of nitrogens with one attached hydrogen (secondary N) is 1. The highest BCUT2D eigenvalue weighted by Crippen LogP contribution is 2.14. The summed E-state index contributed by atoms with van der Waals surface area (Å²) in [4.78, 5) is 13.8. The van der Waals surface area contributed by atoms with E-state index in [0.717, 1.165) is 39.0 Å². The average Bonchev–Trinajstić information content (AvgIpc) is 2.89. The molecule has 2 fully saturated rings. The zero-order valence-electron chi connectivity index (χ0n) is 10.6. The van der Waals surface area contributed by atoms with E-state index < -0.39 is 0 Å². The lowest BCUT2D eigenvalue weighted by Gasteiger charge is -2.32. The molecule has 1 atom stereocenters. The SMILES string of the molecule is O=C(NC1CCOC1)N1CCC(OCCO)CC1. The fourth-order valence-electron chi connectivity index (χ4n) is 2.36. The highest BCUT2D eigenvalue weighted by Gasteiger charge is 2.25. The van der Waals surface area contributed by atoms with Crippen molar-refractivity contribution in [3.05, 3.63) is 0 Å². The number of ether oxygens (including phenoxy) is 2. The van der Waals surface area contributed by atoms with E-state index in [4.69, 9.17) is 14.6 Å². The molecule has 0 aromatic heterocycles. The maximum absolute atomic E-state index is 12.0. The Morgan fingerprint density at radius 3 is 2.78 bits per heavy atom. The van der Waals surface area contributed by atoms with E-state index in [1.165, 1.54) is 0 Å². The fraction of sp³-hybridized carbons (Fsp3) is 0.917. The number of piperidine rings is 1. The van der Waals surface area contributed by atoms with Crippen LogP contribution in [0.5, 0.6) is 0 Å². The Morgan fingerprint density at radius 2 is 2.17 bits per heavy atom. The van der Waals surface area contributed by atoms with Crippen molar-refractivity contribution in [3.63, 3.8) is 0 Å². The van der Waals surface area contributed by atoms with Gasteiger partial charge in [0, 0.05) is 19.7 Å². The maximum Gasteiger partial charge on any atom is 0.317 e. The summed E-state index contributed by atoms with van der Waals surface area (Å²) in [5.41, 5.74) is 0. The van der Waals surface area contributed by atoms with Gasteiger partial charge in [0.2, 0.25) is 0 Å². The summed E-state index contributed by atoms with van der Waals surface area (Å²) in [6.07, 6.45) is 2.77. The van der Waals surface area contributed by atoms with Crippen LogP contribution in [0.25, 0.3) is 0 Å². The van der Waals surface area contributed by atoms with Gasteiger partial charge in [0.25, 0.3) is 0 Å². The number of nitrogens with zero attached hydrogens (tertiary/aromatic N) is 1. The zero-order valence-corrected chi connectivity index (χ0v) is 10.6. The number of carbonyl (C=O) groups excluding carboxylic acids is 1. The van der Waals surface area contributed by atoms with Gasteiger partial charge >= 0.3 is 6.03 Å². The van der Waals surface area contributed by atoms with Crippen molar-refractivity contribution in [2.24, 2.45) is 0 Å². The summed E-state index contributed by atoms with van der Waals surface area (Å²) in [5, 5.41) is 11.7. The monoisotopic (exact) mass is 258 g/mol. The van der Waals surface area contributed by atoms with Gasteiger partial charge in [-0.1, -0.05) is 0 Å². The third kappa shape index (κ3) is 3.83. The molecule has 0 aromatic rings. The minimum absolute atomic E-state index is 0.00566. The summed E-state index contributed by atoms with van der Waals surface area (Å²) in [6, 6.07) is 0.173. The van der Waals surface area contributed by atoms with Crippen molar-refractivity contribution < 1.29 is 19.4 Å². The van der Waals surface area contributed by atoms with Crippen molar-refractivity contribution in [3.8, 4) is 0 Å². The summed E-state index contributed by atoms with van der Waals surface area (Å²) in [5.74, 6) is 0. The van der Waals surface area contributed by atoms with Gasteiger partial charge in [0.1, 0.15) is 0 Å². The van der Waals surface area contributed by atoms with Gasteiger partial charge in [0.15, 0.2) is 0 Å². The van der Waals surface area contributed by atoms with Gasteiger partial charge in [-0.25, -0.2) is 4.79 Å². The molecule has 2 aliphatic rings. The Hall–Kier alpha value is -0.850. The molecule has 1 unspecified atom stereocenters. The van der Waals surface area contributed by atoms with Crippen molar-refractivity contribution in [2.75, 3.05) is 39.5 Å². The second-order valence-corrected chi connectivity index (χ2v) is 4.79. The first-order valence-corrected chi connectivity index (χ1v) is 6.65. The van der Waals surface area contributed by atoms with Crippen LogP contribution in [0.2, 0.25) is 0 Å². The Labute approximate surface area is 107 Å². The molecule has 2 rings (SSSR count). The van der Waals surface area contributed by atoms with Crippen molar-refractivity contribution in [1.82, 2.24) is 10.2 Å². The number of hydrogen-bond acceptors (Lipinski definition) is 4. The summed E-state index contributed by atoms with van der Waals surface area (Å²) in [7, 11) is 0. The van der Waals surface area contributed by atoms with Crippen LogP contribution in [-0.2, 0) is 9.47 Å². The lowest BCUT2D eigenvalue weighted by Crippen LogP contribution is -2.49. The first-order valence-electron chi connectivity index (χ1n) is 6.65. The highest BCUT2D eigenvalue weighted by molar-refractivity contribution is 5.74. The second-order valence-electron chi connectivity index (χ2n) is 4.79. The summed E-state index contributed by atoms with van der Waals surface area (Å²) < 4.78 is 10.7. The van der Waals surface area contributed by atoms with Crippen LogP contribution in [0.1, 0.15) is 19.3 Å². The average molecular weight is 258 g/mol. The Balaban J connectivity index is 1.66. The van der Waals surface area contributed by atoms with Crippen LogP contribution >= 0.6 is 0 Å². The minimum atomic E-state index is 0.00566. The normalized spacial score (nSPS) is 25.4. The van der Waals surface area contributed by atoms with Crippen LogP contribution in [0.4, 0.5) is 4.79 Å². The van der Waals surface area contributed by atoms with E-state index in [2.05, 4.69) is 5.32 Å². The van der Waals surface area contributed by atoms with Crippen LogP contribution in [0, 0.1) is 0 Å².